The van der Waals surface area contributed by atoms with Gasteiger partial charge in [0.15, 0.2) is 0 Å². The second-order valence-electron chi connectivity index (χ2n) is 7.23. The van der Waals surface area contributed by atoms with E-state index in [1.54, 1.807) is 0 Å². The highest BCUT2D eigenvalue weighted by atomic mass is 15.2. The van der Waals surface area contributed by atoms with Gasteiger partial charge in [-0.15, -0.1) is 0 Å². The molecule has 0 bridgehead atoms. The van der Waals surface area contributed by atoms with Gasteiger partial charge in [-0.05, 0) is 57.9 Å². The molecule has 2 aliphatic carbocycles. The third-order valence-corrected chi connectivity index (χ3v) is 5.91. The Morgan fingerprint density at radius 2 is 1.74 bits per heavy atom. The molecule has 3 aliphatic rings. The van der Waals surface area contributed by atoms with Gasteiger partial charge in [-0.3, -0.25) is 4.90 Å². The Morgan fingerprint density at radius 1 is 0.947 bits per heavy atom. The van der Waals surface area contributed by atoms with Gasteiger partial charge in [0.05, 0.1) is 0 Å². The summed E-state index contributed by atoms with van der Waals surface area (Å²) < 4.78 is 0. The zero-order valence-corrected chi connectivity index (χ0v) is 12.7. The smallest absolute Gasteiger partial charge is 0.0195 e. The highest BCUT2D eigenvalue weighted by Gasteiger charge is 2.36. The van der Waals surface area contributed by atoms with Crippen LogP contribution in [0.5, 0.6) is 0 Å². The van der Waals surface area contributed by atoms with Gasteiger partial charge < -0.3 is 5.32 Å². The standard InChI is InChI=1S/C17H32N2/c1-14(13-18-16-9-3-2-4-10-16)19-12-6-8-15-7-5-11-17(15)19/h14-18H,2-13H2,1H3. The van der Waals surface area contributed by atoms with Gasteiger partial charge in [-0.1, -0.05) is 25.7 Å². The molecule has 0 amide bonds. The number of fused-ring (bicyclic) bond motifs is 1. The molecule has 1 N–H and O–H groups in total. The van der Waals surface area contributed by atoms with Gasteiger partial charge in [-0.2, -0.15) is 0 Å². The van der Waals surface area contributed by atoms with E-state index in [0.717, 1.165) is 24.0 Å². The van der Waals surface area contributed by atoms with Crippen molar-refractivity contribution in [1.82, 2.24) is 10.2 Å². The summed E-state index contributed by atoms with van der Waals surface area (Å²) in [6.45, 7) is 5.03. The lowest BCUT2D eigenvalue weighted by Gasteiger charge is -2.42. The van der Waals surface area contributed by atoms with Crippen molar-refractivity contribution in [2.45, 2.75) is 89.3 Å². The fraction of sp³-hybridized carbons (Fsp3) is 1.00. The van der Waals surface area contributed by atoms with Crippen molar-refractivity contribution in [1.29, 1.82) is 0 Å². The highest BCUT2D eigenvalue weighted by Crippen LogP contribution is 2.37. The van der Waals surface area contributed by atoms with Gasteiger partial charge in [0.2, 0.25) is 0 Å². The molecular formula is C17H32N2. The first kappa shape index (κ1) is 13.9. The Hall–Kier alpha value is -0.0800. The fourth-order valence-electron chi connectivity index (χ4n) is 4.80. The molecule has 1 heterocycles. The summed E-state index contributed by atoms with van der Waals surface area (Å²) in [5, 5.41) is 3.86. The Labute approximate surface area is 119 Å². The van der Waals surface area contributed by atoms with E-state index in [9.17, 15) is 0 Å². The van der Waals surface area contributed by atoms with E-state index < -0.39 is 0 Å². The lowest BCUT2D eigenvalue weighted by molar-refractivity contribution is 0.0724. The number of hydrogen-bond acceptors (Lipinski definition) is 2. The first-order chi connectivity index (χ1) is 9.34. The van der Waals surface area contributed by atoms with Gasteiger partial charge >= 0.3 is 0 Å². The Morgan fingerprint density at radius 3 is 2.58 bits per heavy atom. The SMILES string of the molecule is CC(CNC1CCCCC1)N1CCCC2CCCC21. The molecule has 2 nitrogen and oxygen atoms in total. The molecule has 110 valence electrons. The molecule has 0 aromatic heterocycles. The number of rotatable bonds is 4. The molecule has 3 rings (SSSR count). The van der Waals surface area contributed by atoms with Crippen LogP contribution in [0.15, 0.2) is 0 Å². The topological polar surface area (TPSA) is 15.3 Å². The third kappa shape index (κ3) is 3.33. The highest BCUT2D eigenvalue weighted by molar-refractivity contribution is 4.92. The molecule has 0 aromatic rings. The van der Waals surface area contributed by atoms with Crippen molar-refractivity contribution < 1.29 is 0 Å². The molecule has 0 aromatic carbocycles. The Balaban J connectivity index is 1.47. The average molecular weight is 264 g/mol. The van der Waals surface area contributed by atoms with E-state index in [2.05, 4.69) is 17.1 Å². The molecule has 2 heteroatoms. The van der Waals surface area contributed by atoms with E-state index in [1.165, 1.54) is 77.3 Å². The number of hydrogen-bond donors (Lipinski definition) is 1. The zero-order chi connectivity index (χ0) is 13.1. The van der Waals surface area contributed by atoms with E-state index in [-0.39, 0.29) is 0 Å². The largest absolute Gasteiger partial charge is 0.312 e. The van der Waals surface area contributed by atoms with Crippen molar-refractivity contribution in [3.63, 3.8) is 0 Å². The molecule has 19 heavy (non-hydrogen) atoms. The first-order valence-corrected chi connectivity index (χ1v) is 8.84. The van der Waals surface area contributed by atoms with E-state index >= 15 is 0 Å². The van der Waals surface area contributed by atoms with Crippen LogP contribution < -0.4 is 5.32 Å². The molecule has 0 radical (unpaired) electrons. The van der Waals surface area contributed by atoms with E-state index in [4.69, 9.17) is 0 Å². The number of nitrogens with one attached hydrogen (secondary N) is 1. The predicted molar refractivity (Wildman–Crippen MR) is 81.4 cm³/mol. The minimum atomic E-state index is 0.743. The predicted octanol–water partition coefficient (Wildman–Crippen LogP) is 3.56. The summed E-state index contributed by atoms with van der Waals surface area (Å²) in [5.41, 5.74) is 0. The normalized spacial score (nSPS) is 35.2. The molecule has 1 saturated heterocycles. The van der Waals surface area contributed by atoms with Crippen LogP contribution in [0, 0.1) is 5.92 Å². The van der Waals surface area contributed by atoms with Crippen molar-refractivity contribution >= 4 is 0 Å². The van der Waals surface area contributed by atoms with Crippen LogP contribution in [0.4, 0.5) is 0 Å². The minimum absolute atomic E-state index is 0.743. The average Bonchev–Trinajstić information content (AvgIpc) is 2.94. The van der Waals surface area contributed by atoms with Gasteiger partial charge in [0, 0.05) is 24.7 Å². The van der Waals surface area contributed by atoms with Crippen LogP contribution in [0.2, 0.25) is 0 Å². The molecule has 3 fully saturated rings. The van der Waals surface area contributed by atoms with Crippen molar-refractivity contribution in [3.05, 3.63) is 0 Å². The van der Waals surface area contributed by atoms with Crippen molar-refractivity contribution in [3.8, 4) is 0 Å². The summed E-state index contributed by atoms with van der Waals surface area (Å²) in [5.74, 6) is 1.03. The molecule has 0 spiro atoms. The maximum atomic E-state index is 3.86. The summed E-state index contributed by atoms with van der Waals surface area (Å²) >= 11 is 0. The Bertz CT molecular complexity index is 272. The number of piperidine rings is 1. The molecule has 2 saturated carbocycles. The lowest BCUT2D eigenvalue weighted by Crippen LogP contribution is -2.51. The minimum Gasteiger partial charge on any atom is -0.312 e. The zero-order valence-electron chi connectivity index (χ0n) is 12.7. The third-order valence-electron chi connectivity index (χ3n) is 5.91. The van der Waals surface area contributed by atoms with Gasteiger partial charge in [0.25, 0.3) is 0 Å². The van der Waals surface area contributed by atoms with Crippen LogP contribution in [0.1, 0.15) is 71.1 Å². The van der Waals surface area contributed by atoms with Crippen LogP contribution in [0.25, 0.3) is 0 Å². The molecule has 3 unspecified atom stereocenters. The van der Waals surface area contributed by atoms with Crippen LogP contribution in [0.3, 0.4) is 0 Å². The number of nitrogens with zero attached hydrogens (tertiary/aromatic N) is 1. The molecular weight excluding hydrogens is 232 g/mol. The second-order valence-corrected chi connectivity index (χ2v) is 7.23. The summed E-state index contributed by atoms with van der Waals surface area (Å²) in [6, 6.07) is 2.49. The van der Waals surface area contributed by atoms with Crippen LogP contribution >= 0.6 is 0 Å². The first-order valence-electron chi connectivity index (χ1n) is 8.84. The van der Waals surface area contributed by atoms with E-state index in [1.807, 2.05) is 0 Å². The monoisotopic (exact) mass is 264 g/mol. The molecule has 1 aliphatic heterocycles. The number of likely N-dealkylation sites (tertiary alicyclic amines) is 1. The van der Waals surface area contributed by atoms with Crippen molar-refractivity contribution in [2.24, 2.45) is 5.92 Å². The molecule has 3 atom stereocenters. The maximum Gasteiger partial charge on any atom is 0.0195 e. The fourth-order valence-corrected chi connectivity index (χ4v) is 4.80. The van der Waals surface area contributed by atoms with E-state index in [0.29, 0.717) is 0 Å². The Kier molecular flexibility index (Phi) is 4.81. The van der Waals surface area contributed by atoms with Gasteiger partial charge in [0.1, 0.15) is 0 Å². The van der Waals surface area contributed by atoms with Crippen LogP contribution in [-0.4, -0.2) is 36.1 Å². The summed E-state index contributed by atoms with van der Waals surface area (Å²) in [6.07, 6.45) is 14.6. The second kappa shape index (κ2) is 6.58. The maximum absolute atomic E-state index is 3.86. The quantitative estimate of drug-likeness (QED) is 0.835. The van der Waals surface area contributed by atoms with Crippen molar-refractivity contribution in [2.75, 3.05) is 13.1 Å². The lowest BCUT2D eigenvalue weighted by atomic mass is 9.90. The van der Waals surface area contributed by atoms with Crippen LogP contribution in [-0.2, 0) is 0 Å². The summed E-state index contributed by atoms with van der Waals surface area (Å²) in [4.78, 5) is 2.84. The summed E-state index contributed by atoms with van der Waals surface area (Å²) in [7, 11) is 0. The van der Waals surface area contributed by atoms with Gasteiger partial charge in [-0.25, -0.2) is 0 Å².